The lowest BCUT2D eigenvalue weighted by atomic mass is 9.83. The second kappa shape index (κ2) is 11.4. The minimum atomic E-state index is -0.552. The van der Waals surface area contributed by atoms with Gasteiger partial charge in [0.15, 0.2) is 0 Å². The first-order valence-corrected chi connectivity index (χ1v) is 9.16. The molecule has 7 nitrogen and oxygen atoms in total. The van der Waals surface area contributed by atoms with Crippen LogP contribution in [0.3, 0.4) is 0 Å². The van der Waals surface area contributed by atoms with E-state index in [1.54, 1.807) is 11.9 Å². The van der Waals surface area contributed by atoms with Crippen molar-refractivity contribution >= 4 is 24.4 Å². The van der Waals surface area contributed by atoms with Crippen molar-refractivity contribution in [1.29, 1.82) is 0 Å². The normalized spacial score (nSPS) is 21.2. The van der Waals surface area contributed by atoms with Crippen LogP contribution in [0.4, 0.5) is 0 Å². The molecule has 1 saturated heterocycles. The molecule has 0 aromatic heterocycles. The van der Waals surface area contributed by atoms with Gasteiger partial charge in [0.25, 0.3) is 5.91 Å². The molecule has 2 atom stereocenters. The fourth-order valence-electron chi connectivity index (χ4n) is 3.81. The van der Waals surface area contributed by atoms with Gasteiger partial charge in [0, 0.05) is 6.54 Å². The van der Waals surface area contributed by atoms with Gasteiger partial charge in [-0.2, -0.15) is 0 Å². The van der Waals surface area contributed by atoms with E-state index in [1.165, 1.54) is 6.42 Å². The minimum Gasteiger partial charge on any atom is -0.343 e. The van der Waals surface area contributed by atoms with Gasteiger partial charge in [0.05, 0.1) is 6.54 Å². The maximum Gasteiger partial charge on any atom is 0.267 e. The van der Waals surface area contributed by atoms with Crippen molar-refractivity contribution in [3.8, 4) is 12.8 Å². The summed E-state index contributed by atoms with van der Waals surface area (Å²) in [5.74, 6) is -0.555. The molecule has 2 fully saturated rings. The van der Waals surface area contributed by atoms with Gasteiger partial charge in [-0.1, -0.05) is 19.3 Å². The molecule has 144 valence electrons. The fraction of sp³-hybridized carbons (Fsp3) is 0.684. The van der Waals surface area contributed by atoms with Crippen molar-refractivity contribution in [2.75, 3.05) is 20.1 Å². The zero-order chi connectivity index (χ0) is 19.5. The summed E-state index contributed by atoms with van der Waals surface area (Å²) < 4.78 is 0. The van der Waals surface area contributed by atoms with Crippen molar-refractivity contribution in [2.45, 2.75) is 57.0 Å². The summed E-state index contributed by atoms with van der Waals surface area (Å²) in [6.45, 7) is 4.00. The van der Waals surface area contributed by atoms with Crippen LogP contribution < -0.4 is 10.6 Å². The van der Waals surface area contributed by atoms with Gasteiger partial charge in [0.1, 0.15) is 12.1 Å². The highest BCUT2D eigenvalue weighted by atomic mass is 16.2. The van der Waals surface area contributed by atoms with E-state index in [2.05, 4.69) is 35.2 Å². The van der Waals surface area contributed by atoms with Crippen LogP contribution in [-0.2, 0) is 14.4 Å². The maximum absolute atomic E-state index is 13.1. The van der Waals surface area contributed by atoms with Gasteiger partial charge in [0.2, 0.25) is 11.8 Å². The SMILES string of the molecule is C#C.C=NC(=O)[C@@H]1CCCN1C(=O)C(NC(=O)CNC)C1CCCCC1. The number of carbonyl (C=O) groups is 3. The molecule has 1 saturated carbocycles. The quantitative estimate of drug-likeness (QED) is 0.539. The van der Waals surface area contributed by atoms with Gasteiger partial charge in [-0.25, -0.2) is 4.99 Å². The van der Waals surface area contributed by atoms with E-state index in [9.17, 15) is 14.4 Å². The lowest BCUT2D eigenvalue weighted by molar-refractivity contribution is -0.142. The Morgan fingerprint density at radius 3 is 2.38 bits per heavy atom. The number of carbonyl (C=O) groups excluding carboxylic acids is 3. The summed E-state index contributed by atoms with van der Waals surface area (Å²) in [6.07, 6.45) is 14.6. The number of rotatable bonds is 6. The Balaban J connectivity index is 0.00000163. The Kier molecular flexibility index (Phi) is 9.60. The standard InChI is InChI=1S/C17H28N4O3.C2H2/c1-18-11-14(22)20-15(12-7-4-3-5-8-12)17(24)21-10-6-9-13(21)16(23)19-2;1-2/h12-13,15,18H,2-11H2,1H3,(H,20,22);1-2H/t13-,15?;/m0./s1. The summed E-state index contributed by atoms with van der Waals surface area (Å²) in [5, 5.41) is 5.70. The first-order chi connectivity index (χ1) is 12.6. The molecule has 26 heavy (non-hydrogen) atoms. The average molecular weight is 362 g/mol. The molecule has 2 N–H and O–H groups in total. The molecule has 0 spiro atoms. The number of aliphatic imine (C=N–C) groups is 1. The summed E-state index contributed by atoms with van der Waals surface area (Å²) in [5.41, 5.74) is 0. The van der Waals surface area contributed by atoms with Crippen LogP contribution in [0.2, 0.25) is 0 Å². The van der Waals surface area contributed by atoms with E-state index in [0.717, 1.165) is 32.1 Å². The third-order valence-electron chi connectivity index (χ3n) is 5.02. The molecule has 0 aromatic rings. The number of hydrogen-bond donors (Lipinski definition) is 2. The van der Waals surface area contributed by atoms with E-state index >= 15 is 0 Å². The largest absolute Gasteiger partial charge is 0.343 e. The van der Waals surface area contributed by atoms with Crippen molar-refractivity contribution < 1.29 is 14.4 Å². The van der Waals surface area contributed by atoms with Crippen LogP contribution in [0.15, 0.2) is 4.99 Å². The van der Waals surface area contributed by atoms with E-state index < -0.39 is 12.1 Å². The van der Waals surface area contributed by atoms with Crippen molar-refractivity contribution in [3.63, 3.8) is 0 Å². The summed E-state index contributed by atoms with van der Waals surface area (Å²) >= 11 is 0. The highest BCUT2D eigenvalue weighted by Crippen LogP contribution is 2.29. The predicted octanol–water partition coefficient (Wildman–Crippen LogP) is 0.739. The number of amides is 3. The lowest BCUT2D eigenvalue weighted by Crippen LogP contribution is -2.55. The molecule has 1 aliphatic carbocycles. The molecule has 2 aliphatic rings. The third kappa shape index (κ3) is 5.67. The monoisotopic (exact) mass is 362 g/mol. The Bertz CT molecular complexity index is 526. The van der Waals surface area contributed by atoms with Crippen molar-refractivity contribution in [1.82, 2.24) is 15.5 Å². The number of terminal acetylenes is 1. The molecule has 7 heteroatoms. The van der Waals surface area contributed by atoms with Gasteiger partial charge in [-0.15, -0.1) is 12.8 Å². The Labute approximate surface area is 156 Å². The molecule has 1 heterocycles. The number of likely N-dealkylation sites (tertiary alicyclic amines) is 1. The zero-order valence-electron chi connectivity index (χ0n) is 15.6. The highest BCUT2D eigenvalue weighted by molar-refractivity contribution is 5.94. The minimum absolute atomic E-state index is 0.139. The van der Waals surface area contributed by atoms with E-state index in [4.69, 9.17) is 0 Å². The molecule has 0 bridgehead atoms. The first-order valence-electron chi connectivity index (χ1n) is 9.16. The Morgan fingerprint density at radius 1 is 1.15 bits per heavy atom. The highest BCUT2D eigenvalue weighted by Gasteiger charge is 2.40. The number of nitrogens with zero attached hydrogens (tertiary/aromatic N) is 2. The molecule has 1 aliphatic heterocycles. The maximum atomic E-state index is 13.1. The van der Waals surface area contributed by atoms with Crippen LogP contribution in [0.25, 0.3) is 0 Å². The van der Waals surface area contributed by atoms with Crippen LogP contribution in [0.5, 0.6) is 0 Å². The summed E-state index contributed by atoms with van der Waals surface area (Å²) in [4.78, 5) is 42.1. The van der Waals surface area contributed by atoms with Crippen LogP contribution in [0, 0.1) is 18.8 Å². The van der Waals surface area contributed by atoms with Gasteiger partial charge >= 0.3 is 0 Å². The second-order valence-electron chi connectivity index (χ2n) is 6.66. The van der Waals surface area contributed by atoms with Crippen LogP contribution in [-0.4, -0.2) is 61.6 Å². The van der Waals surface area contributed by atoms with Crippen LogP contribution in [0.1, 0.15) is 44.9 Å². The molecule has 3 amide bonds. The van der Waals surface area contributed by atoms with E-state index in [-0.39, 0.29) is 30.2 Å². The molecular formula is C19H30N4O3. The Hall–Kier alpha value is -2.20. The number of hydrogen-bond acceptors (Lipinski definition) is 4. The molecule has 2 rings (SSSR count). The number of nitrogens with one attached hydrogen (secondary N) is 2. The van der Waals surface area contributed by atoms with Crippen LogP contribution >= 0.6 is 0 Å². The Morgan fingerprint density at radius 2 is 1.81 bits per heavy atom. The van der Waals surface area contributed by atoms with Crippen molar-refractivity contribution in [2.24, 2.45) is 10.9 Å². The lowest BCUT2D eigenvalue weighted by Gasteiger charge is -2.34. The smallest absolute Gasteiger partial charge is 0.267 e. The van der Waals surface area contributed by atoms with Crippen molar-refractivity contribution in [3.05, 3.63) is 0 Å². The number of likely N-dealkylation sites (N-methyl/N-ethyl adjacent to an activating group) is 1. The topological polar surface area (TPSA) is 90.9 Å². The van der Waals surface area contributed by atoms with Gasteiger partial charge in [-0.05, 0) is 45.4 Å². The zero-order valence-corrected chi connectivity index (χ0v) is 15.6. The summed E-state index contributed by atoms with van der Waals surface area (Å²) in [7, 11) is 1.70. The second-order valence-corrected chi connectivity index (χ2v) is 6.66. The summed E-state index contributed by atoms with van der Waals surface area (Å²) in [6, 6.07) is -1.08. The van der Waals surface area contributed by atoms with Gasteiger partial charge < -0.3 is 15.5 Å². The molecule has 1 unspecified atom stereocenters. The molecule has 0 radical (unpaired) electrons. The van der Waals surface area contributed by atoms with E-state index in [0.29, 0.717) is 13.0 Å². The molecule has 0 aromatic carbocycles. The van der Waals surface area contributed by atoms with Gasteiger partial charge in [-0.3, -0.25) is 14.4 Å². The molecular weight excluding hydrogens is 332 g/mol. The predicted molar refractivity (Wildman–Crippen MR) is 102 cm³/mol. The fourth-order valence-corrected chi connectivity index (χ4v) is 3.81. The average Bonchev–Trinajstić information content (AvgIpc) is 3.17. The first kappa shape index (κ1) is 21.8. The third-order valence-corrected chi connectivity index (χ3v) is 5.02. The van der Waals surface area contributed by atoms with E-state index in [1.807, 2.05) is 0 Å².